The number of hydrogen-bond donors (Lipinski definition) is 0. The van der Waals surface area contributed by atoms with Gasteiger partial charge in [0, 0.05) is 19.3 Å². The van der Waals surface area contributed by atoms with Crippen LogP contribution in [0.15, 0.2) is 97.2 Å². The summed E-state index contributed by atoms with van der Waals surface area (Å²) in [6.07, 6.45) is 61.0. The fraction of sp³-hybridized carbons (Fsp3) is 0.642. The predicted octanol–water partition coefficient (Wildman–Crippen LogP) is 15.4. The first-order valence-electron chi connectivity index (χ1n) is 23.8. The van der Waals surface area contributed by atoms with Crippen molar-refractivity contribution in [2.45, 2.75) is 207 Å². The second kappa shape index (κ2) is 47.0. The molecule has 0 heterocycles. The van der Waals surface area contributed by atoms with Crippen molar-refractivity contribution in [3.05, 3.63) is 97.2 Å². The average Bonchev–Trinajstić information content (AvgIpc) is 3.23. The third-order valence-electron chi connectivity index (χ3n) is 9.70. The van der Waals surface area contributed by atoms with E-state index in [0.717, 1.165) is 83.5 Å². The summed E-state index contributed by atoms with van der Waals surface area (Å²) >= 11 is 0. The van der Waals surface area contributed by atoms with Gasteiger partial charge in [-0.25, -0.2) is 0 Å². The molecule has 1 unspecified atom stereocenters. The molecule has 0 aliphatic rings. The molecule has 6 nitrogen and oxygen atoms in total. The van der Waals surface area contributed by atoms with Crippen molar-refractivity contribution in [3.8, 4) is 0 Å². The lowest BCUT2D eigenvalue weighted by molar-refractivity contribution is -0.167. The highest BCUT2D eigenvalue weighted by Crippen LogP contribution is 2.13. The van der Waals surface area contributed by atoms with Crippen LogP contribution in [0, 0.1) is 0 Å². The molecule has 0 bridgehead atoms. The van der Waals surface area contributed by atoms with E-state index in [1.807, 2.05) is 48.6 Å². The van der Waals surface area contributed by atoms with Crippen LogP contribution in [0.3, 0.4) is 0 Å². The monoisotopic (exact) mass is 819 g/mol. The largest absolute Gasteiger partial charge is 0.462 e. The van der Waals surface area contributed by atoms with Crippen molar-refractivity contribution in [2.24, 2.45) is 0 Å². The maximum atomic E-state index is 12.8. The van der Waals surface area contributed by atoms with Crippen LogP contribution in [-0.2, 0) is 28.6 Å². The van der Waals surface area contributed by atoms with E-state index in [4.69, 9.17) is 14.2 Å². The zero-order chi connectivity index (χ0) is 43.0. The molecule has 0 spiro atoms. The van der Waals surface area contributed by atoms with Gasteiger partial charge in [-0.05, 0) is 83.5 Å². The van der Waals surface area contributed by atoms with Gasteiger partial charge < -0.3 is 14.2 Å². The van der Waals surface area contributed by atoms with E-state index in [-0.39, 0.29) is 31.1 Å². The Labute approximate surface area is 362 Å². The number of rotatable bonds is 41. The van der Waals surface area contributed by atoms with Crippen LogP contribution >= 0.6 is 0 Å². The van der Waals surface area contributed by atoms with E-state index < -0.39 is 6.10 Å². The van der Waals surface area contributed by atoms with E-state index in [0.29, 0.717) is 19.3 Å². The van der Waals surface area contributed by atoms with Crippen molar-refractivity contribution >= 4 is 17.9 Å². The van der Waals surface area contributed by atoms with Crippen molar-refractivity contribution in [3.63, 3.8) is 0 Å². The lowest BCUT2D eigenvalue weighted by Crippen LogP contribution is -2.30. The molecule has 0 radical (unpaired) electrons. The van der Waals surface area contributed by atoms with E-state index in [9.17, 15) is 14.4 Å². The minimum absolute atomic E-state index is 0.109. The molecular weight excluding hydrogens is 733 g/mol. The lowest BCUT2D eigenvalue weighted by atomic mass is 10.1. The third kappa shape index (κ3) is 45.3. The SMILES string of the molecule is CC\C=C/C=C\C=C/C=C\C=C/CCCCCC(=O)OCC(COC(=O)CCCCC/C=C\C=C/CCCC)OC(=O)CCCCCCCCC/C=C\CCCCCC. The molecule has 0 aromatic carbocycles. The van der Waals surface area contributed by atoms with Crippen LogP contribution in [0.4, 0.5) is 0 Å². The number of unbranched alkanes of at least 4 members (excludes halogenated alkanes) is 19. The number of esters is 3. The summed E-state index contributed by atoms with van der Waals surface area (Å²) in [6.45, 7) is 6.34. The van der Waals surface area contributed by atoms with E-state index >= 15 is 0 Å². The van der Waals surface area contributed by atoms with Crippen LogP contribution in [0.5, 0.6) is 0 Å². The summed E-state index contributed by atoms with van der Waals surface area (Å²) in [5.74, 6) is -0.989. The number of carbonyl (C=O) groups excluding carboxylic acids is 3. The maximum Gasteiger partial charge on any atom is 0.306 e. The average molecular weight is 819 g/mol. The Bertz CT molecular complexity index is 1220. The Morgan fingerprint density at radius 1 is 0.356 bits per heavy atom. The zero-order valence-corrected chi connectivity index (χ0v) is 38.0. The second-order valence-corrected chi connectivity index (χ2v) is 15.4. The molecule has 0 N–H and O–H groups in total. The predicted molar refractivity (Wildman–Crippen MR) is 251 cm³/mol. The molecule has 0 saturated heterocycles. The summed E-state index contributed by atoms with van der Waals surface area (Å²) in [5, 5.41) is 0. The first-order valence-corrected chi connectivity index (χ1v) is 23.8. The number of allylic oxidation sites excluding steroid dienone is 16. The summed E-state index contributed by atoms with van der Waals surface area (Å²) in [5.41, 5.74) is 0. The van der Waals surface area contributed by atoms with Gasteiger partial charge in [-0.2, -0.15) is 0 Å². The summed E-state index contributed by atoms with van der Waals surface area (Å²) < 4.78 is 16.7. The second-order valence-electron chi connectivity index (χ2n) is 15.4. The van der Waals surface area contributed by atoms with Crippen molar-refractivity contribution in [2.75, 3.05) is 13.2 Å². The van der Waals surface area contributed by atoms with Gasteiger partial charge in [0.2, 0.25) is 0 Å². The molecule has 6 heteroatoms. The maximum absolute atomic E-state index is 12.8. The molecule has 0 saturated carbocycles. The van der Waals surface area contributed by atoms with Crippen LogP contribution in [0.1, 0.15) is 201 Å². The standard InChI is InChI=1S/C53H86O6/c1-4-7-10-13-16-19-22-24-26-28-31-34-37-40-43-46-52(55)58-49-50(48-57-51(54)45-42-39-36-33-30-21-18-15-12-9-6-3)59-53(56)47-44-41-38-35-32-29-27-25-23-20-17-14-11-8-5-2/h7,10,13,15-16,18-24,26,28,30-31,50H,4-6,8-9,11-12,14,17,25,27,29,32-49H2,1-3H3/b10-7-,16-13-,18-15-,22-19-,23-20-,26-24-,30-21-,31-28-. The van der Waals surface area contributed by atoms with E-state index in [2.05, 4.69) is 69.4 Å². The fourth-order valence-corrected chi connectivity index (χ4v) is 6.08. The Balaban J connectivity index is 4.51. The van der Waals surface area contributed by atoms with Crippen LogP contribution in [0.25, 0.3) is 0 Å². The molecule has 0 aromatic rings. The van der Waals surface area contributed by atoms with E-state index in [1.54, 1.807) is 0 Å². The van der Waals surface area contributed by atoms with Crippen LogP contribution in [0.2, 0.25) is 0 Å². The Kier molecular flexibility index (Phi) is 44.1. The third-order valence-corrected chi connectivity index (χ3v) is 9.70. The summed E-state index contributed by atoms with van der Waals surface area (Å²) in [7, 11) is 0. The van der Waals surface area contributed by atoms with Crippen LogP contribution in [-0.4, -0.2) is 37.2 Å². The number of hydrogen-bond acceptors (Lipinski definition) is 6. The number of carbonyl (C=O) groups is 3. The first kappa shape index (κ1) is 55.3. The first-order chi connectivity index (χ1) is 29.0. The highest BCUT2D eigenvalue weighted by Gasteiger charge is 2.19. The van der Waals surface area contributed by atoms with Gasteiger partial charge in [0.1, 0.15) is 13.2 Å². The summed E-state index contributed by atoms with van der Waals surface area (Å²) in [4.78, 5) is 37.8. The molecule has 0 fully saturated rings. The molecule has 0 aromatic heterocycles. The molecule has 0 rings (SSSR count). The molecule has 0 amide bonds. The van der Waals surface area contributed by atoms with Gasteiger partial charge >= 0.3 is 17.9 Å². The van der Waals surface area contributed by atoms with Gasteiger partial charge in [-0.15, -0.1) is 0 Å². The van der Waals surface area contributed by atoms with Crippen molar-refractivity contribution in [1.82, 2.24) is 0 Å². The van der Waals surface area contributed by atoms with Gasteiger partial charge in [-0.3, -0.25) is 14.4 Å². The highest BCUT2D eigenvalue weighted by atomic mass is 16.6. The minimum Gasteiger partial charge on any atom is -0.462 e. The van der Waals surface area contributed by atoms with Crippen molar-refractivity contribution < 1.29 is 28.6 Å². The normalized spacial score (nSPS) is 12.9. The fourth-order valence-electron chi connectivity index (χ4n) is 6.08. The Morgan fingerprint density at radius 2 is 0.695 bits per heavy atom. The van der Waals surface area contributed by atoms with Gasteiger partial charge in [-0.1, -0.05) is 195 Å². The Hall–Kier alpha value is -3.67. The highest BCUT2D eigenvalue weighted by molar-refractivity contribution is 5.71. The van der Waals surface area contributed by atoms with Gasteiger partial charge in [0.15, 0.2) is 6.10 Å². The molecule has 334 valence electrons. The smallest absolute Gasteiger partial charge is 0.306 e. The van der Waals surface area contributed by atoms with Crippen LogP contribution < -0.4 is 0 Å². The molecule has 59 heavy (non-hydrogen) atoms. The molecule has 0 aliphatic heterocycles. The summed E-state index contributed by atoms with van der Waals surface area (Å²) in [6, 6.07) is 0. The number of ether oxygens (including phenoxy) is 3. The molecule has 0 aliphatic carbocycles. The quantitative estimate of drug-likeness (QED) is 0.0201. The van der Waals surface area contributed by atoms with Gasteiger partial charge in [0.05, 0.1) is 0 Å². The Morgan fingerprint density at radius 3 is 1.17 bits per heavy atom. The molecular formula is C53H86O6. The lowest BCUT2D eigenvalue weighted by Gasteiger charge is -2.18. The zero-order valence-electron chi connectivity index (χ0n) is 38.0. The minimum atomic E-state index is -0.807. The van der Waals surface area contributed by atoms with E-state index in [1.165, 1.54) is 77.0 Å². The topological polar surface area (TPSA) is 78.9 Å². The molecule has 1 atom stereocenters. The van der Waals surface area contributed by atoms with Crippen molar-refractivity contribution in [1.29, 1.82) is 0 Å². The van der Waals surface area contributed by atoms with Gasteiger partial charge in [0.25, 0.3) is 0 Å².